The van der Waals surface area contributed by atoms with Crippen LogP contribution in [0, 0.1) is 6.92 Å². The summed E-state index contributed by atoms with van der Waals surface area (Å²) in [6.45, 7) is 6.53. The van der Waals surface area contributed by atoms with E-state index < -0.39 is 0 Å². The van der Waals surface area contributed by atoms with Crippen molar-refractivity contribution in [2.75, 3.05) is 20.6 Å². The number of hydrogen-bond acceptors (Lipinski definition) is 3. The lowest BCUT2D eigenvalue weighted by Gasteiger charge is -2.37. The summed E-state index contributed by atoms with van der Waals surface area (Å²) in [7, 11) is 4.46. The van der Waals surface area contributed by atoms with Crippen molar-refractivity contribution in [3.8, 4) is 0 Å². The first-order chi connectivity index (χ1) is 9.53. The maximum Gasteiger partial charge on any atom is 0.105 e. The second kappa shape index (κ2) is 6.72. The van der Waals surface area contributed by atoms with Crippen LogP contribution < -0.4 is 5.32 Å². The summed E-state index contributed by atoms with van der Waals surface area (Å²) in [5, 5.41) is 3.75. The largest absolute Gasteiger partial charge is 0.335 e. The lowest BCUT2D eigenvalue weighted by Crippen LogP contribution is -2.51. The number of nitrogens with one attached hydrogen (secondary N) is 1. The van der Waals surface area contributed by atoms with Gasteiger partial charge in [0.25, 0.3) is 0 Å². The fourth-order valence-corrected chi connectivity index (χ4v) is 3.25. The van der Waals surface area contributed by atoms with E-state index in [1.807, 2.05) is 6.20 Å². The first kappa shape index (κ1) is 15.5. The molecule has 1 fully saturated rings. The molecule has 1 aromatic heterocycles. The topological polar surface area (TPSA) is 33.1 Å². The van der Waals surface area contributed by atoms with Crippen LogP contribution in [-0.2, 0) is 6.54 Å². The van der Waals surface area contributed by atoms with E-state index >= 15 is 0 Å². The highest BCUT2D eigenvalue weighted by Gasteiger charge is 2.35. The van der Waals surface area contributed by atoms with Gasteiger partial charge in [-0.25, -0.2) is 4.98 Å². The molecule has 20 heavy (non-hydrogen) atoms. The number of imidazole rings is 1. The van der Waals surface area contributed by atoms with Gasteiger partial charge >= 0.3 is 0 Å². The first-order valence-electron chi connectivity index (χ1n) is 7.92. The van der Waals surface area contributed by atoms with Crippen molar-refractivity contribution in [2.24, 2.45) is 0 Å². The Balaban J connectivity index is 1.77. The lowest BCUT2D eigenvalue weighted by molar-refractivity contribution is 0.149. The zero-order valence-corrected chi connectivity index (χ0v) is 13.5. The molecule has 4 heteroatoms. The summed E-state index contributed by atoms with van der Waals surface area (Å²) in [5.41, 5.74) is 0.388. The van der Waals surface area contributed by atoms with Crippen LogP contribution in [0.15, 0.2) is 12.4 Å². The number of rotatable bonds is 7. The molecule has 4 nitrogen and oxygen atoms in total. The molecule has 0 radical (unpaired) electrons. The zero-order valence-electron chi connectivity index (χ0n) is 13.5. The van der Waals surface area contributed by atoms with Crippen LogP contribution in [0.3, 0.4) is 0 Å². The van der Waals surface area contributed by atoms with Crippen LogP contribution in [-0.4, -0.2) is 46.7 Å². The molecule has 1 atom stereocenters. The summed E-state index contributed by atoms with van der Waals surface area (Å²) in [6, 6.07) is 0.550. The van der Waals surface area contributed by atoms with Gasteiger partial charge in [0.2, 0.25) is 0 Å². The van der Waals surface area contributed by atoms with Crippen LogP contribution in [0.4, 0.5) is 0 Å². The van der Waals surface area contributed by atoms with Crippen molar-refractivity contribution < 1.29 is 0 Å². The van der Waals surface area contributed by atoms with Crippen LogP contribution in [0.1, 0.15) is 44.9 Å². The minimum Gasteiger partial charge on any atom is -0.335 e. The summed E-state index contributed by atoms with van der Waals surface area (Å²) in [6.07, 6.45) is 10.5. The predicted molar refractivity (Wildman–Crippen MR) is 83.9 cm³/mol. The molecule has 0 spiro atoms. The van der Waals surface area contributed by atoms with E-state index in [4.69, 9.17) is 0 Å². The number of likely N-dealkylation sites (N-methyl/N-ethyl adjacent to an activating group) is 1. The van der Waals surface area contributed by atoms with Crippen LogP contribution in [0.2, 0.25) is 0 Å². The number of aromatic nitrogens is 2. The molecule has 0 saturated heterocycles. The van der Waals surface area contributed by atoms with Gasteiger partial charge in [0, 0.05) is 37.1 Å². The first-order valence-corrected chi connectivity index (χ1v) is 7.92. The highest BCUT2D eigenvalue weighted by molar-refractivity contribution is 4.95. The van der Waals surface area contributed by atoms with Gasteiger partial charge in [0.1, 0.15) is 5.82 Å². The Morgan fingerprint density at radius 1 is 1.40 bits per heavy atom. The average molecular weight is 278 g/mol. The predicted octanol–water partition coefficient (Wildman–Crippen LogP) is 2.43. The number of nitrogens with zero attached hydrogens (tertiary/aromatic N) is 3. The fourth-order valence-electron chi connectivity index (χ4n) is 3.25. The Bertz CT molecular complexity index is 404. The summed E-state index contributed by atoms with van der Waals surface area (Å²) in [4.78, 5) is 6.70. The molecular weight excluding hydrogens is 248 g/mol. The summed E-state index contributed by atoms with van der Waals surface area (Å²) in [5.74, 6) is 1.11. The average Bonchev–Trinajstić information content (AvgIpc) is 3.04. The molecule has 1 aliphatic carbocycles. The quantitative estimate of drug-likeness (QED) is 0.831. The Labute approximate surface area is 123 Å². The van der Waals surface area contributed by atoms with E-state index in [9.17, 15) is 0 Å². The van der Waals surface area contributed by atoms with Crippen molar-refractivity contribution in [2.45, 2.75) is 64.1 Å². The van der Waals surface area contributed by atoms with Gasteiger partial charge in [-0.15, -0.1) is 0 Å². The molecular formula is C16H30N4. The van der Waals surface area contributed by atoms with Crippen LogP contribution >= 0.6 is 0 Å². The Kier molecular flexibility index (Phi) is 5.22. The van der Waals surface area contributed by atoms with Gasteiger partial charge < -0.3 is 14.8 Å². The van der Waals surface area contributed by atoms with Gasteiger partial charge in [-0.1, -0.05) is 12.8 Å². The molecule has 1 heterocycles. The maximum atomic E-state index is 4.27. The van der Waals surface area contributed by atoms with E-state index in [0.29, 0.717) is 11.6 Å². The van der Waals surface area contributed by atoms with E-state index in [1.54, 1.807) is 0 Å². The highest BCUT2D eigenvalue weighted by atomic mass is 15.2. The molecule has 0 amide bonds. The molecule has 0 unspecified atom stereocenters. The smallest absolute Gasteiger partial charge is 0.105 e. The molecule has 0 bridgehead atoms. The molecule has 1 saturated carbocycles. The van der Waals surface area contributed by atoms with Crippen molar-refractivity contribution in [1.82, 2.24) is 19.8 Å². The zero-order chi connectivity index (χ0) is 14.6. The van der Waals surface area contributed by atoms with Crippen molar-refractivity contribution in [3.05, 3.63) is 18.2 Å². The maximum absolute atomic E-state index is 4.27. The van der Waals surface area contributed by atoms with E-state index in [1.165, 1.54) is 25.7 Å². The Hall–Kier alpha value is -0.870. The van der Waals surface area contributed by atoms with E-state index in [0.717, 1.165) is 25.3 Å². The van der Waals surface area contributed by atoms with Crippen LogP contribution in [0.25, 0.3) is 0 Å². The van der Waals surface area contributed by atoms with Crippen LogP contribution in [0.5, 0.6) is 0 Å². The second-order valence-corrected chi connectivity index (χ2v) is 6.56. The number of hydrogen-bond donors (Lipinski definition) is 1. The molecule has 0 aromatic carbocycles. The molecule has 2 rings (SSSR count). The van der Waals surface area contributed by atoms with Crippen molar-refractivity contribution in [3.63, 3.8) is 0 Å². The van der Waals surface area contributed by atoms with Gasteiger partial charge in [-0.05, 0) is 47.2 Å². The highest BCUT2D eigenvalue weighted by Crippen LogP contribution is 2.33. The van der Waals surface area contributed by atoms with Gasteiger partial charge in [0.05, 0.1) is 0 Å². The van der Waals surface area contributed by atoms with Crippen molar-refractivity contribution >= 4 is 0 Å². The molecule has 1 N–H and O–H groups in total. The van der Waals surface area contributed by atoms with E-state index in [-0.39, 0.29) is 0 Å². The monoisotopic (exact) mass is 278 g/mol. The third-order valence-electron chi connectivity index (χ3n) is 4.99. The minimum absolute atomic E-state index is 0.388. The fraction of sp³-hybridized carbons (Fsp3) is 0.812. The van der Waals surface area contributed by atoms with Gasteiger partial charge in [-0.2, -0.15) is 0 Å². The third-order valence-corrected chi connectivity index (χ3v) is 4.99. The summed E-state index contributed by atoms with van der Waals surface area (Å²) >= 11 is 0. The minimum atomic E-state index is 0.388. The summed E-state index contributed by atoms with van der Waals surface area (Å²) < 4.78 is 2.23. The Morgan fingerprint density at radius 2 is 2.10 bits per heavy atom. The SMILES string of the molecule is Cc1nccn1CC[C@@H](C)NCC1(N(C)C)CCCC1. The molecule has 1 aliphatic rings. The number of aryl methyl sites for hydroxylation is 2. The molecule has 1 aromatic rings. The van der Waals surface area contributed by atoms with E-state index in [2.05, 4.69) is 53.9 Å². The normalized spacial score (nSPS) is 19.6. The Morgan fingerprint density at radius 3 is 2.65 bits per heavy atom. The molecule has 114 valence electrons. The lowest BCUT2D eigenvalue weighted by atomic mass is 9.95. The third kappa shape index (κ3) is 3.61. The standard InChI is InChI=1S/C16H30N4/c1-14(7-11-20-12-10-17-15(20)2)18-13-16(19(3)4)8-5-6-9-16/h10,12,14,18H,5-9,11,13H2,1-4H3/t14-/m1/s1. The van der Waals surface area contributed by atoms with Crippen molar-refractivity contribution in [1.29, 1.82) is 0 Å². The second-order valence-electron chi connectivity index (χ2n) is 6.56. The van der Waals surface area contributed by atoms with Gasteiger partial charge in [-0.3, -0.25) is 0 Å². The molecule has 0 aliphatic heterocycles. The van der Waals surface area contributed by atoms with Gasteiger partial charge in [0.15, 0.2) is 0 Å².